The number of likely N-dealkylation sites (N-methyl/N-ethyl adjacent to an activating group) is 1. The van der Waals surface area contributed by atoms with Crippen LogP contribution >= 0.6 is 0 Å². The van der Waals surface area contributed by atoms with E-state index in [9.17, 15) is 9.59 Å². The van der Waals surface area contributed by atoms with Crippen LogP contribution in [-0.4, -0.2) is 56.4 Å². The second-order valence-corrected chi connectivity index (χ2v) is 5.87. The summed E-state index contributed by atoms with van der Waals surface area (Å²) in [5, 5.41) is 5.74. The number of amides is 1. The molecule has 0 saturated heterocycles. The Hall–Kier alpha value is -0.940. The van der Waals surface area contributed by atoms with Crippen LogP contribution in [0.2, 0.25) is 0 Å². The molecule has 1 atom stereocenters. The molecule has 0 bridgehead atoms. The number of hydrogen-bond acceptors (Lipinski definition) is 4. The van der Waals surface area contributed by atoms with E-state index in [1.165, 1.54) is 0 Å². The zero-order chi connectivity index (χ0) is 14.3. The smallest absolute Gasteiger partial charge is 0.234 e. The third-order valence-corrected chi connectivity index (χ3v) is 2.58. The summed E-state index contributed by atoms with van der Waals surface area (Å²) in [6.45, 7) is 9.04. The van der Waals surface area contributed by atoms with Gasteiger partial charge in [-0.1, -0.05) is 20.8 Å². The Balaban J connectivity index is 3.89. The Labute approximate surface area is 110 Å². The van der Waals surface area contributed by atoms with E-state index in [0.29, 0.717) is 6.54 Å². The second-order valence-electron chi connectivity index (χ2n) is 5.87. The molecule has 0 spiro atoms. The Kier molecular flexibility index (Phi) is 7.09. The minimum Gasteiger partial charge on any atom is -0.354 e. The van der Waals surface area contributed by atoms with E-state index in [-0.39, 0.29) is 29.7 Å². The first-order valence-corrected chi connectivity index (χ1v) is 6.33. The Morgan fingerprint density at radius 3 is 2.22 bits per heavy atom. The van der Waals surface area contributed by atoms with Crippen molar-refractivity contribution in [3.63, 3.8) is 0 Å². The zero-order valence-electron chi connectivity index (χ0n) is 12.5. The van der Waals surface area contributed by atoms with Gasteiger partial charge in [-0.05, 0) is 21.0 Å². The van der Waals surface area contributed by atoms with Crippen molar-refractivity contribution in [2.45, 2.75) is 33.7 Å². The number of nitrogens with zero attached hydrogens (tertiary/aromatic N) is 1. The summed E-state index contributed by atoms with van der Waals surface area (Å²) in [6, 6.07) is -0.301. The van der Waals surface area contributed by atoms with Gasteiger partial charge in [-0.25, -0.2) is 0 Å². The topological polar surface area (TPSA) is 61.4 Å². The highest BCUT2D eigenvalue weighted by molar-refractivity contribution is 5.89. The van der Waals surface area contributed by atoms with Crippen molar-refractivity contribution in [1.82, 2.24) is 15.5 Å². The maximum Gasteiger partial charge on any atom is 0.234 e. The second kappa shape index (κ2) is 7.48. The van der Waals surface area contributed by atoms with Gasteiger partial charge in [0, 0.05) is 18.5 Å². The van der Waals surface area contributed by atoms with Gasteiger partial charge in [0.25, 0.3) is 0 Å². The summed E-state index contributed by atoms with van der Waals surface area (Å²) in [5.74, 6) is 0.0361. The van der Waals surface area contributed by atoms with Gasteiger partial charge in [-0.2, -0.15) is 0 Å². The van der Waals surface area contributed by atoms with Crippen LogP contribution in [-0.2, 0) is 9.59 Å². The van der Waals surface area contributed by atoms with Crippen LogP contribution in [0.3, 0.4) is 0 Å². The van der Waals surface area contributed by atoms with Gasteiger partial charge in [0.1, 0.15) is 0 Å². The first kappa shape index (κ1) is 17.1. The highest BCUT2D eigenvalue weighted by Crippen LogP contribution is 2.16. The van der Waals surface area contributed by atoms with Crippen molar-refractivity contribution in [1.29, 1.82) is 0 Å². The number of carbonyl (C=O) groups excluding carboxylic acids is 2. The average Bonchev–Trinajstić information content (AvgIpc) is 2.23. The lowest BCUT2D eigenvalue weighted by molar-refractivity contribution is -0.128. The standard InChI is InChI=1S/C13H27N3O2/c1-10(12(18)13(2,3)4)15-9-11(17)14-7-8-16(5)6/h10,15H,7-9H2,1-6H3,(H,14,17)/t10-/m0/s1. The molecule has 0 aromatic heterocycles. The number of nitrogens with one attached hydrogen (secondary N) is 2. The molecule has 0 heterocycles. The molecule has 0 radical (unpaired) electrons. The molecule has 2 N–H and O–H groups in total. The molecule has 5 heteroatoms. The summed E-state index contributed by atoms with van der Waals surface area (Å²) in [7, 11) is 3.91. The summed E-state index contributed by atoms with van der Waals surface area (Å²) >= 11 is 0. The lowest BCUT2D eigenvalue weighted by atomic mass is 9.87. The zero-order valence-corrected chi connectivity index (χ0v) is 12.5. The van der Waals surface area contributed by atoms with E-state index in [1.54, 1.807) is 6.92 Å². The minimum atomic E-state index is -0.381. The van der Waals surface area contributed by atoms with E-state index in [2.05, 4.69) is 10.6 Å². The van der Waals surface area contributed by atoms with Crippen molar-refractivity contribution < 1.29 is 9.59 Å². The maximum absolute atomic E-state index is 11.9. The molecule has 18 heavy (non-hydrogen) atoms. The first-order valence-electron chi connectivity index (χ1n) is 6.33. The van der Waals surface area contributed by atoms with Crippen LogP contribution in [0, 0.1) is 5.41 Å². The number of rotatable bonds is 7. The molecule has 0 saturated carbocycles. The molecule has 5 nitrogen and oxygen atoms in total. The third-order valence-electron chi connectivity index (χ3n) is 2.58. The Bertz CT molecular complexity index is 282. The van der Waals surface area contributed by atoms with Gasteiger partial charge in [0.05, 0.1) is 12.6 Å². The number of carbonyl (C=O) groups is 2. The molecular formula is C13H27N3O2. The summed E-state index contributed by atoms with van der Waals surface area (Å²) in [6.07, 6.45) is 0. The number of hydrogen-bond donors (Lipinski definition) is 2. The summed E-state index contributed by atoms with van der Waals surface area (Å²) < 4.78 is 0. The van der Waals surface area contributed by atoms with Crippen LogP contribution in [0.25, 0.3) is 0 Å². The molecule has 0 rings (SSSR count). The molecular weight excluding hydrogens is 230 g/mol. The van der Waals surface area contributed by atoms with E-state index in [1.807, 2.05) is 39.8 Å². The van der Waals surface area contributed by atoms with Crippen molar-refractivity contribution in [3.05, 3.63) is 0 Å². The van der Waals surface area contributed by atoms with E-state index < -0.39 is 0 Å². The van der Waals surface area contributed by atoms with E-state index >= 15 is 0 Å². The Morgan fingerprint density at radius 1 is 1.22 bits per heavy atom. The van der Waals surface area contributed by atoms with Gasteiger partial charge in [-0.15, -0.1) is 0 Å². The van der Waals surface area contributed by atoms with Gasteiger partial charge in [-0.3, -0.25) is 14.9 Å². The number of Topliss-reactive ketones (excluding diaryl/α,β-unsaturated/α-hetero) is 1. The van der Waals surface area contributed by atoms with Gasteiger partial charge < -0.3 is 10.2 Å². The minimum absolute atomic E-state index is 0.0783. The molecule has 0 aromatic carbocycles. The van der Waals surface area contributed by atoms with Crippen LogP contribution < -0.4 is 10.6 Å². The molecule has 106 valence electrons. The molecule has 0 aliphatic rings. The van der Waals surface area contributed by atoms with Crippen LogP contribution in [0.4, 0.5) is 0 Å². The summed E-state index contributed by atoms with van der Waals surface area (Å²) in [4.78, 5) is 25.4. The highest BCUT2D eigenvalue weighted by Gasteiger charge is 2.26. The van der Waals surface area contributed by atoms with E-state index in [4.69, 9.17) is 0 Å². The molecule has 0 aromatic rings. The fraction of sp³-hybridized carbons (Fsp3) is 0.846. The predicted octanol–water partition coefficient (Wildman–Crippen LogP) is 0.258. The SMILES string of the molecule is C[C@H](NCC(=O)NCCN(C)C)C(=O)C(C)(C)C. The lowest BCUT2D eigenvalue weighted by Crippen LogP contribution is -2.45. The first-order chi connectivity index (χ1) is 8.14. The predicted molar refractivity (Wildman–Crippen MR) is 73.5 cm³/mol. The summed E-state index contributed by atoms with van der Waals surface area (Å²) in [5.41, 5.74) is -0.381. The lowest BCUT2D eigenvalue weighted by Gasteiger charge is -2.22. The van der Waals surface area contributed by atoms with Crippen LogP contribution in [0.5, 0.6) is 0 Å². The van der Waals surface area contributed by atoms with Crippen molar-refractivity contribution in [3.8, 4) is 0 Å². The average molecular weight is 257 g/mol. The molecule has 0 aliphatic carbocycles. The number of ketones is 1. The van der Waals surface area contributed by atoms with Crippen LogP contribution in [0.15, 0.2) is 0 Å². The third kappa shape index (κ3) is 7.40. The fourth-order valence-corrected chi connectivity index (χ4v) is 1.47. The van der Waals surface area contributed by atoms with Gasteiger partial charge >= 0.3 is 0 Å². The normalized spacial score (nSPS) is 13.5. The largest absolute Gasteiger partial charge is 0.354 e. The fourth-order valence-electron chi connectivity index (χ4n) is 1.47. The monoisotopic (exact) mass is 257 g/mol. The van der Waals surface area contributed by atoms with Crippen molar-refractivity contribution in [2.24, 2.45) is 5.41 Å². The molecule has 0 unspecified atom stereocenters. The van der Waals surface area contributed by atoms with Crippen LogP contribution in [0.1, 0.15) is 27.7 Å². The van der Waals surface area contributed by atoms with Crippen molar-refractivity contribution in [2.75, 3.05) is 33.7 Å². The maximum atomic E-state index is 11.9. The Morgan fingerprint density at radius 2 is 1.78 bits per heavy atom. The highest BCUT2D eigenvalue weighted by atomic mass is 16.2. The van der Waals surface area contributed by atoms with Gasteiger partial charge in [0.15, 0.2) is 5.78 Å². The molecule has 0 fully saturated rings. The van der Waals surface area contributed by atoms with Gasteiger partial charge in [0.2, 0.25) is 5.91 Å². The quantitative estimate of drug-likeness (QED) is 0.687. The molecule has 1 amide bonds. The van der Waals surface area contributed by atoms with Crippen molar-refractivity contribution >= 4 is 11.7 Å². The van der Waals surface area contributed by atoms with E-state index in [0.717, 1.165) is 6.54 Å². The molecule has 0 aliphatic heterocycles.